The van der Waals surface area contributed by atoms with Gasteiger partial charge >= 0.3 is 5.97 Å². The fourth-order valence-corrected chi connectivity index (χ4v) is 5.90. The Morgan fingerprint density at radius 2 is 1.93 bits per heavy atom. The Bertz CT molecular complexity index is 1900. The van der Waals surface area contributed by atoms with Gasteiger partial charge in [-0.25, -0.2) is 9.79 Å². The van der Waals surface area contributed by atoms with Crippen LogP contribution >= 0.6 is 11.3 Å². The van der Waals surface area contributed by atoms with Gasteiger partial charge in [-0.15, -0.1) is 0 Å². The Kier molecular flexibility index (Phi) is 7.95. The summed E-state index contributed by atoms with van der Waals surface area (Å²) >= 11 is 1.18. The Morgan fingerprint density at radius 3 is 2.57 bits per heavy atom. The SMILES string of the molecule is CCOC(=O)C1=C(C)N=c2s/c(=C\c3ccc(-c4cc([N+](=O)[O-])ccc4OC)o3)c(=O)n2[C@@H]1c1ccc(C(C)C)cc1. The second-order valence-electron chi connectivity index (χ2n) is 9.97. The van der Waals surface area contributed by atoms with Crippen molar-refractivity contribution in [1.82, 2.24) is 4.57 Å². The van der Waals surface area contributed by atoms with Crippen LogP contribution in [0.4, 0.5) is 5.69 Å². The van der Waals surface area contributed by atoms with Gasteiger partial charge in [0.05, 0.1) is 46.0 Å². The summed E-state index contributed by atoms with van der Waals surface area (Å²) in [5, 5.41) is 11.3. The summed E-state index contributed by atoms with van der Waals surface area (Å²) in [6.45, 7) is 7.86. The van der Waals surface area contributed by atoms with Crippen LogP contribution in [0.3, 0.4) is 0 Å². The van der Waals surface area contributed by atoms with E-state index >= 15 is 0 Å². The summed E-state index contributed by atoms with van der Waals surface area (Å²) in [7, 11) is 1.47. The molecule has 0 fully saturated rings. The Labute approximate surface area is 245 Å². The van der Waals surface area contributed by atoms with Gasteiger partial charge < -0.3 is 13.9 Å². The van der Waals surface area contributed by atoms with Crippen LogP contribution in [-0.2, 0) is 9.53 Å². The maximum absolute atomic E-state index is 13.9. The molecule has 0 unspecified atom stereocenters. The number of hydrogen-bond acceptors (Lipinski definition) is 9. The molecule has 5 rings (SSSR count). The minimum absolute atomic E-state index is 0.105. The molecule has 0 radical (unpaired) electrons. The quantitative estimate of drug-likeness (QED) is 0.160. The standard InChI is InChI=1S/C31H29N3O7S/c1-6-40-30(36)27-18(4)32-31-33(28(27)20-9-7-19(8-10-20)17(2)3)29(35)26(42-31)16-22-12-14-25(41-22)23-15-21(34(37)38)11-13-24(23)39-5/h7-17,28H,6H2,1-5H3/b26-16-/t28-/m1/s1. The van der Waals surface area contributed by atoms with Crippen LogP contribution in [0.2, 0.25) is 0 Å². The highest BCUT2D eigenvalue weighted by Crippen LogP contribution is 2.35. The van der Waals surface area contributed by atoms with E-state index in [0.717, 1.165) is 11.1 Å². The van der Waals surface area contributed by atoms with Gasteiger partial charge in [0.15, 0.2) is 4.80 Å². The number of fused-ring (bicyclic) bond motifs is 1. The Hall–Kier alpha value is -4.77. The minimum atomic E-state index is -0.718. The molecule has 10 nitrogen and oxygen atoms in total. The number of allylic oxidation sites excluding steroid dienone is 1. The number of rotatable bonds is 8. The maximum atomic E-state index is 13.9. The third-order valence-electron chi connectivity index (χ3n) is 7.00. The molecule has 1 atom stereocenters. The van der Waals surface area contributed by atoms with E-state index < -0.39 is 16.9 Å². The molecule has 0 N–H and O–H groups in total. The third-order valence-corrected chi connectivity index (χ3v) is 7.98. The van der Waals surface area contributed by atoms with Gasteiger partial charge in [0.25, 0.3) is 11.2 Å². The first-order valence-electron chi connectivity index (χ1n) is 13.3. The van der Waals surface area contributed by atoms with Gasteiger partial charge in [-0.05, 0) is 49.1 Å². The number of carbonyl (C=O) groups excluding carboxylic acids is 1. The van der Waals surface area contributed by atoms with E-state index in [1.165, 1.54) is 41.2 Å². The van der Waals surface area contributed by atoms with Crippen LogP contribution in [0.15, 0.2) is 80.1 Å². The topological polar surface area (TPSA) is 126 Å². The molecule has 0 saturated carbocycles. The lowest BCUT2D eigenvalue weighted by Gasteiger charge is -2.25. The van der Waals surface area contributed by atoms with E-state index in [1.54, 1.807) is 32.1 Å². The van der Waals surface area contributed by atoms with Crippen molar-refractivity contribution >= 4 is 29.1 Å². The fourth-order valence-electron chi connectivity index (χ4n) is 4.88. The van der Waals surface area contributed by atoms with Gasteiger partial charge in [-0.1, -0.05) is 49.4 Å². The molecule has 0 saturated heterocycles. The summed E-state index contributed by atoms with van der Waals surface area (Å²) in [6, 6.07) is 14.7. The average Bonchev–Trinajstić information content (AvgIpc) is 3.56. The van der Waals surface area contributed by atoms with Crippen molar-refractivity contribution in [2.24, 2.45) is 4.99 Å². The highest BCUT2D eigenvalue weighted by atomic mass is 32.1. The number of non-ortho nitro benzene ring substituents is 1. The van der Waals surface area contributed by atoms with E-state index in [-0.39, 0.29) is 17.9 Å². The molecule has 3 heterocycles. The zero-order valence-electron chi connectivity index (χ0n) is 23.7. The van der Waals surface area contributed by atoms with Crippen LogP contribution in [0.1, 0.15) is 56.5 Å². The van der Waals surface area contributed by atoms with Crippen molar-refractivity contribution < 1.29 is 23.6 Å². The molecule has 0 amide bonds. The van der Waals surface area contributed by atoms with Crippen molar-refractivity contribution in [2.75, 3.05) is 13.7 Å². The lowest BCUT2D eigenvalue weighted by Crippen LogP contribution is -2.39. The summed E-state index contributed by atoms with van der Waals surface area (Å²) in [6.07, 6.45) is 1.60. The van der Waals surface area contributed by atoms with Crippen molar-refractivity contribution in [3.63, 3.8) is 0 Å². The molecule has 216 valence electrons. The number of aromatic nitrogens is 1. The zero-order valence-corrected chi connectivity index (χ0v) is 24.6. The van der Waals surface area contributed by atoms with Gasteiger partial charge in [0, 0.05) is 18.2 Å². The molecule has 11 heteroatoms. The van der Waals surface area contributed by atoms with Gasteiger partial charge in [-0.2, -0.15) is 0 Å². The Balaban J connectivity index is 1.62. The molecule has 1 aliphatic rings. The smallest absolute Gasteiger partial charge is 0.338 e. The van der Waals surface area contributed by atoms with Crippen LogP contribution < -0.4 is 19.6 Å². The van der Waals surface area contributed by atoms with Crippen molar-refractivity contribution in [2.45, 2.75) is 39.7 Å². The molecule has 4 aromatic rings. The molecular formula is C31H29N3O7S. The van der Waals surface area contributed by atoms with E-state index in [2.05, 4.69) is 18.8 Å². The van der Waals surface area contributed by atoms with Gasteiger partial charge in [0.2, 0.25) is 0 Å². The second-order valence-corrected chi connectivity index (χ2v) is 11.0. The second kappa shape index (κ2) is 11.6. The Morgan fingerprint density at radius 1 is 1.19 bits per heavy atom. The molecule has 1 aliphatic heterocycles. The number of nitrogens with zero attached hydrogens (tertiary/aromatic N) is 3. The van der Waals surface area contributed by atoms with Crippen LogP contribution in [0.5, 0.6) is 5.75 Å². The van der Waals surface area contributed by atoms with E-state index in [1.807, 2.05) is 24.3 Å². The number of esters is 1. The number of carbonyl (C=O) groups is 1. The first-order chi connectivity index (χ1) is 20.1. The van der Waals surface area contributed by atoms with E-state index in [4.69, 9.17) is 13.9 Å². The largest absolute Gasteiger partial charge is 0.496 e. The number of benzene rings is 2. The summed E-state index contributed by atoms with van der Waals surface area (Å²) in [5.41, 5.74) is 2.67. The average molecular weight is 588 g/mol. The number of ether oxygens (including phenoxy) is 2. The number of nitro benzene ring substituents is 1. The molecule has 0 aliphatic carbocycles. The number of hydrogen-bond donors (Lipinski definition) is 0. The molecule has 2 aromatic carbocycles. The molecular weight excluding hydrogens is 558 g/mol. The highest BCUT2D eigenvalue weighted by Gasteiger charge is 2.33. The monoisotopic (exact) mass is 587 g/mol. The lowest BCUT2D eigenvalue weighted by molar-refractivity contribution is -0.384. The van der Waals surface area contributed by atoms with Gasteiger partial charge in [-0.3, -0.25) is 19.5 Å². The fraction of sp³-hybridized carbons (Fsp3) is 0.258. The first kappa shape index (κ1) is 28.7. The normalized spacial score (nSPS) is 15.0. The number of thiazole rings is 1. The van der Waals surface area contributed by atoms with Crippen molar-refractivity contribution in [3.05, 3.63) is 113 Å². The zero-order chi connectivity index (χ0) is 30.1. The predicted molar refractivity (Wildman–Crippen MR) is 158 cm³/mol. The third kappa shape index (κ3) is 5.30. The number of nitro groups is 1. The maximum Gasteiger partial charge on any atom is 0.338 e. The molecule has 0 spiro atoms. The van der Waals surface area contributed by atoms with Crippen LogP contribution in [0.25, 0.3) is 17.4 Å². The molecule has 2 aromatic heterocycles. The van der Waals surface area contributed by atoms with Crippen LogP contribution in [0, 0.1) is 10.1 Å². The predicted octanol–water partition coefficient (Wildman–Crippen LogP) is 5.10. The van der Waals surface area contributed by atoms with E-state index in [0.29, 0.717) is 49.4 Å². The minimum Gasteiger partial charge on any atom is -0.496 e. The van der Waals surface area contributed by atoms with Crippen LogP contribution in [-0.4, -0.2) is 29.2 Å². The first-order valence-corrected chi connectivity index (χ1v) is 14.2. The summed E-state index contributed by atoms with van der Waals surface area (Å²) in [5.74, 6) is 0.919. The van der Waals surface area contributed by atoms with Gasteiger partial charge in [0.1, 0.15) is 17.3 Å². The number of furan rings is 1. The number of methoxy groups -OCH3 is 1. The van der Waals surface area contributed by atoms with Crippen molar-refractivity contribution in [3.8, 4) is 17.1 Å². The van der Waals surface area contributed by atoms with E-state index in [9.17, 15) is 19.7 Å². The molecule has 42 heavy (non-hydrogen) atoms. The molecule has 0 bridgehead atoms. The van der Waals surface area contributed by atoms with Crippen molar-refractivity contribution in [1.29, 1.82) is 0 Å². The highest BCUT2D eigenvalue weighted by molar-refractivity contribution is 7.07. The lowest BCUT2D eigenvalue weighted by atomic mass is 9.93. The summed E-state index contributed by atoms with van der Waals surface area (Å²) < 4.78 is 18.6. The summed E-state index contributed by atoms with van der Waals surface area (Å²) in [4.78, 5) is 42.9.